The first-order valence-corrected chi connectivity index (χ1v) is 8.06. The molecule has 0 radical (unpaired) electrons. The highest BCUT2D eigenvalue weighted by molar-refractivity contribution is 5.97. The SMILES string of the molecule is O=C(c1ccc2nc[nH]c2c1)N1CCC(C(=O)O)(n2cccn2)CC1. The first-order valence-electron chi connectivity index (χ1n) is 8.06. The third kappa shape index (κ3) is 2.46. The summed E-state index contributed by atoms with van der Waals surface area (Å²) in [5.74, 6) is -1.02. The molecule has 1 aromatic carbocycles. The lowest BCUT2D eigenvalue weighted by Gasteiger charge is -2.39. The van der Waals surface area contributed by atoms with E-state index in [0.29, 0.717) is 31.5 Å². The minimum atomic E-state index is -1.09. The molecular formula is C17H17N5O3. The van der Waals surface area contributed by atoms with Crippen molar-refractivity contribution in [3.63, 3.8) is 0 Å². The van der Waals surface area contributed by atoms with Crippen molar-refractivity contribution in [2.24, 2.45) is 0 Å². The Hall–Kier alpha value is -3.16. The fourth-order valence-electron chi connectivity index (χ4n) is 3.39. The minimum absolute atomic E-state index is 0.101. The van der Waals surface area contributed by atoms with E-state index in [-0.39, 0.29) is 5.91 Å². The van der Waals surface area contributed by atoms with Crippen molar-refractivity contribution < 1.29 is 14.7 Å². The largest absolute Gasteiger partial charge is 0.479 e. The fraction of sp³-hybridized carbons (Fsp3) is 0.294. The second-order valence-electron chi connectivity index (χ2n) is 6.21. The number of likely N-dealkylation sites (tertiary alicyclic amines) is 1. The molecule has 1 fully saturated rings. The molecule has 0 bridgehead atoms. The molecule has 1 aliphatic rings. The van der Waals surface area contributed by atoms with E-state index in [1.54, 1.807) is 47.9 Å². The maximum absolute atomic E-state index is 12.8. The normalized spacial score (nSPS) is 16.9. The molecule has 4 rings (SSSR count). The number of aromatic amines is 1. The number of H-pyrrole nitrogens is 1. The van der Waals surface area contributed by atoms with E-state index in [4.69, 9.17) is 0 Å². The molecule has 0 aliphatic carbocycles. The summed E-state index contributed by atoms with van der Waals surface area (Å²) >= 11 is 0. The van der Waals surface area contributed by atoms with Gasteiger partial charge in [-0.2, -0.15) is 5.10 Å². The Morgan fingerprint density at radius 2 is 2.04 bits per heavy atom. The van der Waals surface area contributed by atoms with Crippen LogP contribution in [0.2, 0.25) is 0 Å². The number of carbonyl (C=O) groups excluding carboxylic acids is 1. The molecule has 1 amide bonds. The van der Waals surface area contributed by atoms with Crippen molar-refractivity contribution in [3.05, 3.63) is 48.5 Å². The zero-order chi connectivity index (χ0) is 17.4. The number of hydrogen-bond acceptors (Lipinski definition) is 4. The van der Waals surface area contributed by atoms with E-state index in [2.05, 4.69) is 15.1 Å². The van der Waals surface area contributed by atoms with Crippen molar-refractivity contribution >= 4 is 22.9 Å². The number of aromatic nitrogens is 4. The minimum Gasteiger partial charge on any atom is -0.479 e. The average molecular weight is 339 g/mol. The van der Waals surface area contributed by atoms with Crippen LogP contribution in [0, 0.1) is 0 Å². The Kier molecular flexibility index (Phi) is 3.52. The van der Waals surface area contributed by atoms with Crippen LogP contribution in [-0.4, -0.2) is 54.7 Å². The number of nitrogens with one attached hydrogen (secondary N) is 1. The second kappa shape index (κ2) is 5.73. The molecule has 0 saturated carbocycles. The van der Waals surface area contributed by atoms with Gasteiger partial charge in [0.2, 0.25) is 0 Å². The number of aliphatic carboxylic acids is 1. The van der Waals surface area contributed by atoms with Crippen LogP contribution in [0.5, 0.6) is 0 Å². The summed E-state index contributed by atoms with van der Waals surface area (Å²) in [6.07, 6.45) is 5.47. The van der Waals surface area contributed by atoms with Crippen molar-refractivity contribution in [1.29, 1.82) is 0 Å². The molecule has 3 aromatic rings. The van der Waals surface area contributed by atoms with E-state index in [0.717, 1.165) is 11.0 Å². The van der Waals surface area contributed by atoms with E-state index in [1.807, 2.05) is 0 Å². The zero-order valence-electron chi connectivity index (χ0n) is 13.4. The van der Waals surface area contributed by atoms with Gasteiger partial charge in [0.15, 0.2) is 5.54 Å². The molecule has 0 spiro atoms. The molecule has 3 heterocycles. The van der Waals surface area contributed by atoms with Gasteiger partial charge < -0.3 is 15.0 Å². The van der Waals surface area contributed by atoms with E-state index >= 15 is 0 Å². The number of hydrogen-bond donors (Lipinski definition) is 2. The Bertz CT molecular complexity index is 923. The number of imidazole rings is 1. The van der Waals surface area contributed by atoms with Gasteiger partial charge in [-0.05, 0) is 24.3 Å². The highest BCUT2D eigenvalue weighted by atomic mass is 16.4. The Balaban J connectivity index is 1.54. The highest BCUT2D eigenvalue weighted by Gasteiger charge is 2.44. The maximum atomic E-state index is 12.8. The number of amides is 1. The third-order valence-electron chi connectivity index (χ3n) is 4.89. The lowest BCUT2D eigenvalue weighted by Crippen LogP contribution is -2.52. The predicted octanol–water partition coefficient (Wildman–Crippen LogP) is 1.48. The van der Waals surface area contributed by atoms with E-state index in [9.17, 15) is 14.7 Å². The topological polar surface area (TPSA) is 104 Å². The van der Waals surface area contributed by atoms with Crippen LogP contribution in [0.25, 0.3) is 11.0 Å². The van der Waals surface area contributed by atoms with Crippen LogP contribution >= 0.6 is 0 Å². The lowest BCUT2D eigenvalue weighted by molar-refractivity contribution is -0.150. The summed E-state index contributed by atoms with van der Waals surface area (Å²) in [5.41, 5.74) is 1.09. The van der Waals surface area contributed by atoms with E-state index in [1.165, 1.54) is 4.68 Å². The summed E-state index contributed by atoms with van der Waals surface area (Å²) in [4.78, 5) is 33.5. The number of nitrogens with zero attached hydrogens (tertiary/aromatic N) is 4. The molecule has 0 atom stereocenters. The van der Waals surface area contributed by atoms with Gasteiger partial charge in [-0.15, -0.1) is 0 Å². The lowest BCUT2D eigenvalue weighted by atomic mass is 9.87. The molecule has 8 nitrogen and oxygen atoms in total. The molecule has 1 saturated heterocycles. The maximum Gasteiger partial charge on any atom is 0.331 e. The summed E-state index contributed by atoms with van der Waals surface area (Å²) in [5, 5.41) is 13.8. The molecule has 2 aromatic heterocycles. The number of carboxylic acid groups (broad SMARTS) is 1. The van der Waals surface area contributed by atoms with Crippen LogP contribution in [0.15, 0.2) is 43.0 Å². The number of carbonyl (C=O) groups is 2. The van der Waals surface area contributed by atoms with E-state index < -0.39 is 11.5 Å². The number of fused-ring (bicyclic) bond motifs is 1. The third-order valence-corrected chi connectivity index (χ3v) is 4.89. The summed E-state index contributed by atoms with van der Waals surface area (Å²) in [6.45, 7) is 0.734. The van der Waals surface area contributed by atoms with Crippen molar-refractivity contribution in [2.75, 3.05) is 13.1 Å². The molecule has 25 heavy (non-hydrogen) atoms. The van der Waals surface area contributed by atoms with Gasteiger partial charge in [0.25, 0.3) is 5.91 Å². The Labute approximate surface area is 143 Å². The van der Waals surface area contributed by atoms with Crippen LogP contribution in [0.1, 0.15) is 23.2 Å². The molecule has 1 aliphatic heterocycles. The smallest absolute Gasteiger partial charge is 0.331 e. The monoisotopic (exact) mass is 339 g/mol. The van der Waals surface area contributed by atoms with Crippen LogP contribution in [-0.2, 0) is 10.3 Å². The van der Waals surface area contributed by atoms with Crippen LogP contribution in [0.3, 0.4) is 0 Å². The average Bonchev–Trinajstić information content (AvgIpc) is 3.32. The highest BCUT2D eigenvalue weighted by Crippen LogP contribution is 2.30. The zero-order valence-corrected chi connectivity index (χ0v) is 13.4. The second-order valence-corrected chi connectivity index (χ2v) is 6.21. The predicted molar refractivity (Wildman–Crippen MR) is 89.1 cm³/mol. The quantitative estimate of drug-likeness (QED) is 0.752. The van der Waals surface area contributed by atoms with Crippen LogP contribution < -0.4 is 0 Å². The number of piperidine rings is 1. The fourth-order valence-corrected chi connectivity index (χ4v) is 3.39. The van der Waals surface area contributed by atoms with Gasteiger partial charge in [0.1, 0.15) is 0 Å². The first-order chi connectivity index (χ1) is 12.1. The molecule has 8 heteroatoms. The molecule has 2 N–H and O–H groups in total. The summed E-state index contributed by atoms with van der Waals surface area (Å²) in [7, 11) is 0. The van der Waals surface area contributed by atoms with Gasteiger partial charge in [0, 0.05) is 43.9 Å². The molecule has 0 unspecified atom stereocenters. The first kappa shape index (κ1) is 15.4. The number of benzene rings is 1. The van der Waals surface area contributed by atoms with Gasteiger partial charge >= 0.3 is 5.97 Å². The van der Waals surface area contributed by atoms with Gasteiger partial charge in [-0.25, -0.2) is 9.78 Å². The number of carboxylic acids is 1. The number of rotatable bonds is 3. The molecular weight excluding hydrogens is 322 g/mol. The van der Waals surface area contributed by atoms with Crippen molar-refractivity contribution in [1.82, 2.24) is 24.6 Å². The van der Waals surface area contributed by atoms with Crippen molar-refractivity contribution in [3.8, 4) is 0 Å². The summed E-state index contributed by atoms with van der Waals surface area (Å²) < 4.78 is 1.49. The standard InChI is InChI=1S/C17H17N5O3/c23-15(12-2-3-13-14(10-12)19-11-18-13)21-8-4-17(5-9-21,16(24)25)22-7-1-6-20-22/h1-3,6-7,10-11H,4-5,8-9H2,(H,18,19)(H,24,25). The van der Waals surface area contributed by atoms with Gasteiger partial charge in [-0.3, -0.25) is 9.48 Å². The Morgan fingerprint density at radius 1 is 1.24 bits per heavy atom. The Morgan fingerprint density at radius 3 is 2.72 bits per heavy atom. The van der Waals surface area contributed by atoms with Gasteiger partial charge in [0.05, 0.1) is 17.4 Å². The molecule has 128 valence electrons. The van der Waals surface area contributed by atoms with Crippen molar-refractivity contribution in [2.45, 2.75) is 18.4 Å². The summed E-state index contributed by atoms with van der Waals surface area (Å²) in [6, 6.07) is 7.03. The van der Waals surface area contributed by atoms with Crippen LogP contribution in [0.4, 0.5) is 0 Å². The van der Waals surface area contributed by atoms with Gasteiger partial charge in [-0.1, -0.05) is 0 Å².